The Labute approximate surface area is 91.1 Å². The van der Waals surface area contributed by atoms with Crippen molar-refractivity contribution in [3.05, 3.63) is 18.1 Å². The molecule has 0 spiro atoms. The van der Waals surface area contributed by atoms with E-state index in [1.54, 1.807) is 13.3 Å². The van der Waals surface area contributed by atoms with Gasteiger partial charge in [0.15, 0.2) is 0 Å². The van der Waals surface area contributed by atoms with Gasteiger partial charge in [-0.15, -0.1) is 0 Å². The van der Waals surface area contributed by atoms with E-state index in [0.29, 0.717) is 5.92 Å². The summed E-state index contributed by atoms with van der Waals surface area (Å²) >= 11 is 0. The third kappa shape index (κ3) is 4.25. The fourth-order valence-electron chi connectivity index (χ4n) is 1.18. The van der Waals surface area contributed by atoms with Crippen LogP contribution in [0.5, 0.6) is 0 Å². The first-order valence-corrected chi connectivity index (χ1v) is 5.29. The van der Waals surface area contributed by atoms with E-state index < -0.39 is 0 Å². The van der Waals surface area contributed by atoms with Crippen LogP contribution >= 0.6 is 0 Å². The van der Waals surface area contributed by atoms with Crippen LogP contribution in [0, 0.1) is 0 Å². The lowest BCUT2D eigenvalue weighted by Gasteiger charge is -2.07. The minimum absolute atomic E-state index is 0.366. The second kappa shape index (κ2) is 6.35. The fraction of sp³-hybridized carbons (Fsp3) is 0.636. The molecule has 0 aliphatic rings. The highest BCUT2D eigenvalue weighted by molar-refractivity contribution is 5.32. The Balaban J connectivity index is 2.43. The van der Waals surface area contributed by atoms with Crippen molar-refractivity contribution in [2.75, 3.05) is 25.6 Å². The lowest BCUT2D eigenvalue weighted by molar-refractivity contribution is 0.197. The molecule has 0 aromatic carbocycles. The highest BCUT2D eigenvalue weighted by atomic mass is 16.5. The van der Waals surface area contributed by atoms with Crippen LogP contribution in [-0.4, -0.2) is 30.2 Å². The van der Waals surface area contributed by atoms with Crippen molar-refractivity contribution in [3.8, 4) is 0 Å². The van der Waals surface area contributed by atoms with Crippen molar-refractivity contribution in [1.29, 1.82) is 0 Å². The fourth-order valence-corrected chi connectivity index (χ4v) is 1.18. The molecule has 0 amide bonds. The van der Waals surface area contributed by atoms with Crippen LogP contribution in [-0.2, 0) is 4.74 Å². The molecule has 0 saturated carbocycles. The van der Waals surface area contributed by atoms with Crippen molar-refractivity contribution in [2.24, 2.45) is 0 Å². The van der Waals surface area contributed by atoms with E-state index in [1.807, 2.05) is 6.07 Å². The number of hydrogen-bond acceptors (Lipinski definition) is 4. The molecule has 0 unspecified atom stereocenters. The summed E-state index contributed by atoms with van der Waals surface area (Å²) in [5.41, 5.74) is 0. The molecule has 0 saturated heterocycles. The minimum Gasteiger partial charge on any atom is -0.385 e. The van der Waals surface area contributed by atoms with Crippen LogP contribution < -0.4 is 5.32 Å². The molecular weight excluding hydrogens is 190 g/mol. The van der Waals surface area contributed by atoms with Crippen molar-refractivity contribution in [2.45, 2.75) is 26.2 Å². The topological polar surface area (TPSA) is 47.0 Å². The number of nitrogens with zero attached hydrogens (tertiary/aromatic N) is 2. The van der Waals surface area contributed by atoms with Gasteiger partial charge < -0.3 is 10.1 Å². The molecule has 0 aliphatic heterocycles. The zero-order valence-corrected chi connectivity index (χ0v) is 9.66. The zero-order chi connectivity index (χ0) is 11.1. The SMILES string of the molecule is COCCCNc1ccnc(C(C)C)n1. The molecule has 0 fully saturated rings. The largest absolute Gasteiger partial charge is 0.385 e. The molecule has 0 radical (unpaired) electrons. The summed E-state index contributed by atoms with van der Waals surface area (Å²) in [4.78, 5) is 8.61. The molecule has 4 nitrogen and oxygen atoms in total. The smallest absolute Gasteiger partial charge is 0.133 e. The van der Waals surface area contributed by atoms with Crippen molar-refractivity contribution in [3.63, 3.8) is 0 Å². The van der Waals surface area contributed by atoms with Gasteiger partial charge in [0.2, 0.25) is 0 Å². The highest BCUT2D eigenvalue weighted by Crippen LogP contribution is 2.10. The predicted octanol–water partition coefficient (Wildman–Crippen LogP) is 2.05. The number of ether oxygens (including phenoxy) is 1. The molecule has 4 heteroatoms. The van der Waals surface area contributed by atoms with Gasteiger partial charge >= 0.3 is 0 Å². The molecule has 1 N–H and O–H groups in total. The van der Waals surface area contributed by atoms with Crippen LogP contribution in [0.25, 0.3) is 0 Å². The summed E-state index contributed by atoms with van der Waals surface area (Å²) in [6.07, 6.45) is 2.78. The number of anilines is 1. The Bertz CT molecular complexity index is 289. The van der Waals surface area contributed by atoms with Gasteiger partial charge in [0.1, 0.15) is 11.6 Å². The standard InChI is InChI=1S/C11H19N3O/c1-9(2)11-13-7-5-10(14-11)12-6-4-8-15-3/h5,7,9H,4,6,8H2,1-3H3,(H,12,13,14). The van der Waals surface area contributed by atoms with Gasteiger partial charge in [0.25, 0.3) is 0 Å². The van der Waals surface area contributed by atoms with Crippen LogP contribution in [0.1, 0.15) is 32.0 Å². The van der Waals surface area contributed by atoms with Gasteiger partial charge in [-0.2, -0.15) is 0 Å². The van der Waals surface area contributed by atoms with E-state index in [4.69, 9.17) is 4.74 Å². The number of rotatable bonds is 6. The number of aromatic nitrogens is 2. The van der Waals surface area contributed by atoms with Gasteiger partial charge in [0.05, 0.1) is 0 Å². The van der Waals surface area contributed by atoms with Gasteiger partial charge in [-0.25, -0.2) is 9.97 Å². The Morgan fingerprint density at radius 2 is 2.27 bits per heavy atom. The number of hydrogen-bond donors (Lipinski definition) is 1. The lowest BCUT2D eigenvalue weighted by Crippen LogP contribution is -2.08. The normalized spacial score (nSPS) is 10.7. The summed E-state index contributed by atoms with van der Waals surface area (Å²) in [5.74, 6) is 2.14. The lowest BCUT2D eigenvalue weighted by atomic mass is 10.2. The molecule has 1 rings (SSSR count). The molecule has 1 heterocycles. The van der Waals surface area contributed by atoms with E-state index in [9.17, 15) is 0 Å². The molecule has 84 valence electrons. The van der Waals surface area contributed by atoms with Crippen LogP contribution in [0.3, 0.4) is 0 Å². The van der Waals surface area contributed by atoms with E-state index in [-0.39, 0.29) is 0 Å². The quantitative estimate of drug-likeness (QED) is 0.728. The third-order valence-electron chi connectivity index (χ3n) is 2.02. The molecular formula is C11H19N3O. The van der Waals surface area contributed by atoms with Crippen molar-refractivity contribution in [1.82, 2.24) is 9.97 Å². The highest BCUT2D eigenvalue weighted by Gasteiger charge is 2.02. The van der Waals surface area contributed by atoms with Gasteiger partial charge in [0, 0.05) is 32.4 Å². The Morgan fingerprint density at radius 3 is 2.93 bits per heavy atom. The molecule has 0 aliphatic carbocycles. The Kier molecular flexibility index (Phi) is 5.04. The number of nitrogens with one attached hydrogen (secondary N) is 1. The molecule has 1 aromatic rings. The van der Waals surface area contributed by atoms with Gasteiger partial charge in [-0.05, 0) is 12.5 Å². The maximum atomic E-state index is 4.97. The molecule has 0 bridgehead atoms. The minimum atomic E-state index is 0.366. The average molecular weight is 209 g/mol. The van der Waals surface area contributed by atoms with Gasteiger partial charge in [-0.3, -0.25) is 0 Å². The Hall–Kier alpha value is -1.16. The molecule has 1 aromatic heterocycles. The monoisotopic (exact) mass is 209 g/mol. The van der Waals surface area contributed by atoms with E-state index in [1.165, 1.54) is 0 Å². The van der Waals surface area contributed by atoms with Crippen LogP contribution in [0.4, 0.5) is 5.82 Å². The maximum absolute atomic E-state index is 4.97. The summed E-state index contributed by atoms with van der Waals surface area (Å²) in [6.45, 7) is 5.82. The van der Waals surface area contributed by atoms with E-state index >= 15 is 0 Å². The van der Waals surface area contributed by atoms with E-state index in [2.05, 4.69) is 29.1 Å². The molecule has 15 heavy (non-hydrogen) atoms. The first kappa shape index (κ1) is 11.9. The summed E-state index contributed by atoms with van der Waals surface area (Å²) in [5, 5.41) is 3.24. The van der Waals surface area contributed by atoms with Crippen molar-refractivity contribution >= 4 is 5.82 Å². The molecule has 0 atom stereocenters. The average Bonchev–Trinajstić information content (AvgIpc) is 2.25. The summed E-state index contributed by atoms with van der Waals surface area (Å²) in [6, 6.07) is 1.89. The van der Waals surface area contributed by atoms with Crippen LogP contribution in [0.15, 0.2) is 12.3 Å². The summed E-state index contributed by atoms with van der Waals surface area (Å²) < 4.78 is 4.97. The first-order chi connectivity index (χ1) is 7.24. The van der Waals surface area contributed by atoms with E-state index in [0.717, 1.165) is 31.2 Å². The first-order valence-electron chi connectivity index (χ1n) is 5.29. The maximum Gasteiger partial charge on any atom is 0.133 e. The van der Waals surface area contributed by atoms with Crippen molar-refractivity contribution < 1.29 is 4.74 Å². The predicted molar refractivity (Wildman–Crippen MR) is 61.1 cm³/mol. The Morgan fingerprint density at radius 1 is 1.47 bits per heavy atom. The third-order valence-corrected chi connectivity index (χ3v) is 2.02. The zero-order valence-electron chi connectivity index (χ0n) is 9.66. The second-order valence-electron chi connectivity index (χ2n) is 3.73. The summed E-state index contributed by atoms with van der Waals surface area (Å²) in [7, 11) is 1.71. The van der Waals surface area contributed by atoms with Gasteiger partial charge in [-0.1, -0.05) is 13.8 Å². The number of methoxy groups -OCH3 is 1. The van der Waals surface area contributed by atoms with Crippen LogP contribution in [0.2, 0.25) is 0 Å². The second-order valence-corrected chi connectivity index (χ2v) is 3.73.